The van der Waals surface area contributed by atoms with E-state index in [2.05, 4.69) is 21.2 Å². The number of halogens is 1. The molecule has 0 aromatic carbocycles. The average Bonchev–Trinajstić information content (AvgIpc) is 2.15. The van der Waals surface area contributed by atoms with Crippen LogP contribution in [-0.4, -0.2) is 34.8 Å². The van der Waals surface area contributed by atoms with Gasteiger partial charge in [0, 0.05) is 24.3 Å². The molecule has 18 heavy (non-hydrogen) atoms. The van der Waals surface area contributed by atoms with E-state index in [0.717, 1.165) is 0 Å². The summed E-state index contributed by atoms with van der Waals surface area (Å²) in [5.41, 5.74) is -0.355. The molecule has 0 heterocycles. The Labute approximate surface area is 116 Å². The standard InChI is InChI=1S/C12H21BrN2O3/c1-11(2,7-18-5)8(14)6-9(16)15-10(17)12(3,4)13/h6,14,16H,7H2,1-5H3,(H,15,17)/b9-6-,14-8?. The van der Waals surface area contributed by atoms with Crippen molar-refractivity contribution in [1.29, 1.82) is 5.41 Å². The maximum absolute atomic E-state index is 11.6. The minimum Gasteiger partial charge on any atom is -0.494 e. The number of methoxy groups -OCH3 is 1. The van der Waals surface area contributed by atoms with Crippen molar-refractivity contribution in [1.82, 2.24) is 5.32 Å². The van der Waals surface area contributed by atoms with Crippen molar-refractivity contribution >= 4 is 27.5 Å². The summed E-state index contributed by atoms with van der Waals surface area (Å²) in [6.07, 6.45) is 1.22. The summed E-state index contributed by atoms with van der Waals surface area (Å²) in [6.45, 7) is 7.32. The highest BCUT2D eigenvalue weighted by atomic mass is 79.9. The smallest absolute Gasteiger partial charge is 0.242 e. The first-order valence-electron chi connectivity index (χ1n) is 5.49. The molecular formula is C12H21BrN2O3. The lowest BCUT2D eigenvalue weighted by atomic mass is 9.88. The average molecular weight is 321 g/mol. The molecule has 0 spiro atoms. The van der Waals surface area contributed by atoms with E-state index in [1.165, 1.54) is 6.08 Å². The molecule has 0 aliphatic carbocycles. The monoisotopic (exact) mass is 320 g/mol. The number of allylic oxidation sites excluding steroid dienone is 1. The van der Waals surface area contributed by atoms with Crippen molar-refractivity contribution in [2.24, 2.45) is 5.41 Å². The minimum absolute atomic E-state index is 0.175. The van der Waals surface area contributed by atoms with E-state index < -0.39 is 9.74 Å². The molecule has 0 aromatic rings. The molecule has 0 unspecified atom stereocenters. The van der Waals surface area contributed by atoms with E-state index in [1.807, 2.05) is 13.8 Å². The zero-order chi connectivity index (χ0) is 14.6. The van der Waals surface area contributed by atoms with E-state index in [0.29, 0.717) is 6.61 Å². The predicted octanol–water partition coefficient (Wildman–Crippen LogP) is 2.37. The molecule has 0 aliphatic heterocycles. The first-order valence-corrected chi connectivity index (χ1v) is 6.29. The fourth-order valence-corrected chi connectivity index (χ4v) is 1.17. The molecule has 5 nitrogen and oxygen atoms in total. The fourth-order valence-electron chi connectivity index (χ4n) is 1.07. The van der Waals surface area contributed by atoms with Crippen molar-refractivity contribution in [2.75, 3.05) is 13.7 Å². The van der Waals surface area contributed by atoms with Crippen LogP contribution < -0.4 is 5.32 Å². The van der Waals surface area contributed by atoms with Crippen LogP contribution in [0.4, 0.5) is 0 Å². The lowest BCUT2D eigenvalue weighted by Gasteiger charge is -2.23. The summed E-state index contributed by atoms with van der Waals surface area (Å²) >= 11 is 3.18. The quantitative estimate of drug-likeness (QED) is 0.399. The number of amides is 1. The summed E-state index contributed by atoms with van der Waals surface area (Å²) < 4.78 is 4.22. The van der Waals surface area contributed by atoms with Crippen LogP contribution in [0.15, 0.2) is 12.0 Å². The first-order chi connectivity index (χ1) is 8.00. The SMILES string of the molecule is COCC(C)(C)C(=N)/C=C(\O)NC(=O)C(C)(C)Br. The van der Waals surface area contributed by atoms with Crippen LogP contribution in [0.2, 0.25) is 0 Å². The zero-order valence-electron chi connectivity index (χ0n) is 11.4. The highest BCUT2D eigenvalue weighted by molar-refractivity contribution is 9.10. The summed E-state index contributed by atoms with van der Waals surface area (Å²) in [6, 6.07) is 0. The van der Waals surface area contributed by atoms with Gasteiger partial charge in [-0.25, -0.2) is 0 Å². The van der Waals surface area contributed by atoms with Gasteiger partial charge in [0.25, 0.3) is 0 Å². The summed E-state index contributed by atoms with van der Waals surface area (Å²) in [7, 11) is 1.55. The number of carbonyl (C=O) groups excluding carboxylic acids is 1. The van der Waals surface area contributed by atoms with Crippen LogP contribution in [0.1, 0.15) is 27.7 Å². The third-order valence-corrected chi connectivity index (χ3v) is 2.66. The van der Waals surface area contributed by atoms with E-state index in [1.54, 1.807) is 21.0 Å². The lowest BCUT2D eigenvalue weighted by Crippen LogP contribution is -2.37. The van der Waals surface area contributed by atoms with Crippen molar-refractivity contribution in [3.05, 3.63) is 12.0 Å². The Morgan fingerprint density at radius 3 is 2.33 bits per heavy atom. The molecule has 0 aliphatic rings. The number of carbonyl (C=O) groups is 1. The van der Waals surface area contributed by atoms with Crippen LogP contribution in [0.25, 0.3) is 0 Å². The van der Waals surface area contributed by atoms with Crippen LogP contribution in [0.5, 0.6) is 0 Å². The summed E-state index contributed by atoms with van der Waals surface area (Å²) in [5, 5.41) is 19.8. The van der Waals surface area contributed by atoms with Crippen LogP contribution in [0, 0.1) is 10.8 Å². The zero-order valence-corrected chi connectivity index (χ0v) is 13.0. The molecule has 0 saturated carbocycles. The third kappa shape index (κ3) is 5.64. The number of hydrogen-bond acceptors (Lipinski definition) is 4. The van der Waals surface area contributed by atoms with E-state index in [4.69, 9.17) is 10.1 Å². The highest BCUT2D eigenvalue weighted by Gasteiger charge is 2.26. The number of ether oxygens (including phenoxy) is 1. The third-order valence-electron chi connectivity index (χ3n) is 2.30. The molecule has 0 bridgehead atoms. The minimum atomic E-state index is -0.779. The number of nitrogens with one attached hydrogen (secondary N) is 2. The van der Waals surface area contributed by atoms with E-state index >= 15 is 0 Å². The summed E-state index contributed by atoms with van der Waals surface area (Å²) in [4.78, 5) is 11.6. The molecule has 0 rings (SSSR count). The normalized spacial score (nSPS) is 13.3. The van der Waals surface area contributed by atoms with Gasteiger partial charge in [-0.2, -0.15) is 0 Å². The largest absolute Gasteiger partial charge is 0.494 e. The van der Waals surface area contributed by atoms with Gasteiger partial charge in [0.15, 0.2) is 5.88 Å². The van der Waals surface area contributed by atoms with Gasteiger partial charge >= 0.3 is 0 Å². The van der Waals surface area contributed by atoms with Crippen molar-refractivity contribution < 1.29 is 14.6 Å². The van der Waals surface area contributed by atoms with Crippen molar-refractivity contribution in [2.45, 2.75) is 32.0 Å². The van der Waals surface area contributed by atoms with Gasteiger partial charge in [-0.1, -0.05) is 29.8 Å². The number of alkyl halides is 1. The second-order valence-corrected chi connectivity index (χ2v) is 7.17. The molecule has 1 amide bonds. The number of hydrogen-bond donors (Lipinski definition) is 3. The second-order valence-electron chi connectivity index (χ2n) is 5.19. The van der Waals surface area contributed by atoms with E-state index in [9.17, 15) is 9.90 Å². The van der Waals surface area contributed by atoms with Gasteiger partial charge in [-0.3, -0.25) is 10.1 Å². The van der Waals surface area contributed by atoms with Gasteiger partial charge in [0.1, 0.15) is 0 Å². The fraction of sp³-hybridized carbons (Fsp3) is 0.667. The van der Waals surface area contributed by atoms with E-state index in [-0.39, 0.29) is 17.5 Å². The number of aliphatic hydroxyl groups excluding tert-OH is 1. The Balaban J connectivity index is 4.70. The molecule has 0 saturated heterocycles. The van der Waals surface area contributed by atoms with Gasteiger partial charge < -0.3 is 15.3 Å². The molecular weight excluding hydrogens is 300 g/mol. The van der Waals surface area contributed by atoms with Crippen molar-refractivity contribution in [3.63, 3.8) is 0 Å². The number of rotatable bonds is 6. The van der Waals surface area contributed by atoms with Crippen LogP contribution in [-0.2, 0) is 9.53 Å². The van der Waals surface area contributed by atoms with Gasteiger partial charge in [0.05, 0.1) is 10.9 Å². The van der Waals surface area contributed by atoms with Gasteiger partial charge in [-0.15, -0.1) is 0 Å². The van der Waals surface area contributed by atoms with Crippen LogP contribution >= 0.6 is 15.9 Å². The predicted molar refractivity (Wildman–Crippen MR) is 75.2 cm³/mol. The Bertz CT molecular complexity index is 357. The van der Waals surface area contributed by atoms with Gasteiger partial charge in [-0.05, 0) is 13.8 Å². The molecule has 0 radical (unpaired) electrons. The molecule has 0 atom stereocenters. The molecule has 6 heteroatoms. The van der Waals surface area contributed by atoms with Gasteiger partial charge in [0.2, 0.25) is 5.91 Å². The molecule has 0 fully saturated rings. The molecule has 3 N–H and O–H groups in total. The highest BCUT2D eigenvalue weighted by Crippen LogP contribution is 2.19. The second kappa shape index (κ2) is 6.33. The summed E-state index contributed by atoms with van der Waals surface area (Å²) in [5.74, 6) is -0.727. The first kappa shape index (κ1) is 17.1. The Morgan fingerprint density at radius 2 is 1.94 bits per heavy atom. The maximum atomic E-state index is 11.6. The Kier molecular flexibility index (Phi) is 6.02. The van der Waals surface area contributed by atoms with Crippen LogP contribution in [0.3, 0.4) is 0 Å². The molecule has 104 valence electrons. The topological polar surface area (TPSA) is 82.4 Å². The Morgan fingerprint density at radius 1 is 1.44 bits per heavy atom. The number of aliphatic hydroxyl groups is 1. The Hall–Kier alpha value is -0.880. The molecule has 0 aromatic heterocycles. The lowest BCUT2D eigenvalue weighted by molar-refractivity contribution is -0.122. The maximum Gasteiger partial charge on any atom is 0.242 e. The van der Waals surface area contributed by atoms with Crippen molar-refractivity contribution in [3.8, 4) is 0 Å².